The van der Waals surface area contributed by atoms with Gasteiger partial charge in [-0.05, 0) is 51.9 Å². The van der Waals surface area contributed by atoms with Crippen molar-refractivity contribution in [2.75, 3.05) is 38.7 Å². The lowest BCUT2D eigenvalue weighted by molar-refractivity contribution is 0.145. The molecule has 1 unspecified atom stereocenters. The maximum Gasteiger partial charge on any atom is 0.154 e. The first kappa shape index (κ1) is 25.5. The van der Waals surface area contributed by atoms with E-state index >= 15 is 0 Å². The van der Waals surface area contributed by atoms with Crippen LogP contribution in [-0.2, 0) is 0 Å². The summed E-state index contributed by atoms with van der Waals surface area (Å²) in [5, 5.41) is 7.06. The van der Waals surface area contributed by atoms with Crippen molar-refractivity contribution in [2.45, 2.75) is 83.8 Å². The molecule has 0 aliphatic carbocycles. The molecule has 1 atom stereocenters. The summed E-state index contributed by atoms with van der Waals surface area (Å²) in [5.74, 6) is 1.05. The van der Waals surface area contributed by atoms with Gasteiger partial charge in [-0.2, -0.15) is 5.10 Å². The Morgan fingerprint density at radius 1 is 0.889 bits per heavy atom. The molecule has 0 fully saturated rings. The normalized spacial score (nSPS) is 17.4. The summed E-state index contributed by atoms with van der Waals surface area (Å²) in [6.45, 7) is 14.7. The van der Waals surface area contributed by atoms with E-state index in [-0.39, 0.29) is 4.71 Å². The fourth-order valence-corrected chi connectivity index (χ4v) is 5.49. The number of rotatable bonds is 16. The van der Waals surface area contributed by atoms with Crippen LogP contribution in [0.5, 0.6) is 0 Å². The molecular formula is C20H42N4S3. The van der Waals surface area contributed by atoms with Crippen LogP contribution < -0.4 is 0 Å². The van der Waals surface area contributed by atoms with Gasteiger partial charge >= 0.3 is 0 Å². The lowest BCUT2D eigenvalue weighted by Crippen LogP contribution is -2.37. The summed E-state index contributed by atoms with van der Waals surface area (Å²) in [5.41, 5.74) is 0. The predicted molar refractivity (Wildman–Crippen MR) is 130 cm³/mol. The molecule has 27 heavy (non-hydrogen) atoms. The average Bonchev–Trinajstić information content (AvgIpc) is 3.02. The Bertz CT molecular complexity index is 379. The molecule has 0 spiro atoms. The molecule has 0 saturated carbocycles. The Morgan fingerprint density at radius 2 is 1.37 bits per heavy atom. The van der Waals surface area contributed by atoms with Gasteiger partial charge in [0.15, 0.2) is 4.38 Å². The van der Waals surface area contributed by atoms with E-state index in [0.29, 0.717) is 0 Å². The number of hydrazone groups is 1. The van der Waals surface area contributed by atoms with Gasteiger partial charge in [-0.1, -0.05) is 76.9 Å². The van der Waals surface area contributed by atoms with Gasteiger partial charge in [-0.25, -0.2) is 0 Å². The van der Waals surface area contributed by atoms with Crippen molar-refractivity contribution in [2.24, 2.45) is 5.10 Å². The van der Waals surface area contributed by atoms with E-state index in [1.165, 1.54) is 68.8 Å². The van der Waals surface area contributed by atoms with Crippen molar-refractivity contribution in [3.05, 3.63) is 0 Å². The van der Waals surface area contributed by atoms with Crippen molar-refractivity contribution in [3.63, 3.8) is 0 Å². The van der Waals surface area contributed by atoms with Crippen LogP contribution >= 0.6 is 36.2 Å². The summed E-state index contributed by atoms with van der Waals surface area (Å²) in [6.07, 6.45) is 10.1. The number of thioether (sulfide) groups is 2. The maximum absolute atomic E-state index is 4.89. The van der Waals surface area contributed by atoms with Crippen LogP contribution in [0.1, 0.15) is 79.1 Å². The standard InChI is InChI=1S/C20H42N4S3/c1-5-9-13-22(14-10-6-2)17-24-20(25)27-19(21-24)26-18-23(15-11-7-3)16-12-8-4/h20,25H,5-18H2,1-4H3. The molecule has 0 aromatic heterocycles. The summed E-state index contributed by atoms with van der Waals surface area (Å²) >= 11 is 8.48. The Morgan fingerprint density at radius 3 is 1.85 bits per heavy atom. The van der Waals surface area contributed by atoms with Crippen LogP contribution in [0.4, 0.5) is 0 Å². The Kier molecular flexibility index (Phi) is 15.3. The van der Waals surface area contributed by atoms with E-state index in [0.717, 1.165) is 25.6 Å². The quantitative estimate of drug-likeness (QED) is 0.238. The minimum atomic E-state index is 0.151. The second-order valence-corrected chi connectivity index (χ2v) is 10.4. The van der Waals surface area contributed by atoms with Gasteiger partial charge < -0.3 is 0 Å². The van der Waals surface area contributed by atoms with E-state index in [4.69, 9.17) is 17.7 Å². The summed E-state index contributed by atoms with van der Waals surface area (Å²) in [4.78, 5) is 5.13. The summed E-state index contributed by atoms with van der Waals surface area (Å²) in [7, 11) is 0. The minimum Gasteiger partial charge on any atom is -0.294 e. The monoisotopic (exact) mass is 434 g/mol. The van der Waals surface area contributed by atoms with Crippen LogP contribution in [0.2, 0.25) is 0 Å². The number of nitrogens with zero attached hydrogens (tertiary/aromatic N) is 4. The molecule has 0 N–H and O–H groups in total. The fraction of sp³-hybridized carbons (Fsp3) is 0.950. The topological polar surface area (TPSA) is 22.1 Å². The van der Waals surface area contributed by atoms with Crippen LogP contribution in [0, 0.1) is 0 Å². The lowest BCUT2D eigenvalue weighted by atomic mass is 10.3. The first-order valence-corrected chi connectivity index (χ1v) is 13.3. The van der Waals surface area contributed by atoms with Gasteiger partial charge in [0.05, 0.1) is 12.5 Å². The third-order valence-electron chi connectivity index (χ3n) is 4.70. The molecule has 4 nitrogen and oxygen atoms in total. The Labute approximate surface area is 182 Å². The second kappa shape index (κ2) is 16.3. The SMILES string of the molecule is CCCCN(CCCC)CSC1=NN(CN(CCCC)CCCC)C(S)S1. The zero-order chi connectivity index (χ0) is 19.9. The Hall–Kier alpha value is 0.440. The maximum atomic E-state index is 4.89. The number of hydrogen-bond donors (Lipinski definition) is 1. The number of thiol groups is 1. The van der Waals surface area contributed by atoms with Gasteiger partial charge in [0.25, 0.3) is 0 Å². The minimum absolute atomic E-state index is 0.151. The van der Waals surface area contributed by atoms with Crippen molar-refractivity contribution < 1.29 is 0 Å². The highest BCUT2D eigenvalue weighted by atomic mass is 32.2. The van der Waals surface area contributed by atoms with Crippen molar-refractivity contribution >= 4 is 40.5 Å². The van der Waals surface area contributed by atoms with E-state index in [1.54, 1.807) is 11.8 Å². The molecule has 0 aromatic rings. The molecule has 0 aromatic carbocycles. The molecule has 1 aliphatic heterocycles. The van der Waals surface area contributed by atoms with Crippen molar-refractivity contribution in [3.8, 4) is 0 Å². The summed E-state index contributed by atoms with van der Waals surface area (Å²) in [6, 6.07) is 0. The largest absolute Gasteiger partial charge is 0.294 e. The third kappa shape index (κ3) is 11.3. The zero-order valence-corrected chi connectivity index (χ0v) is 20.6. The molecule has 160 valence electrons. The molecular weight excluding hydrogens is 392 g/mol. The first-order valence-electron chi connectivity index (χ1n) is 10.9. The zero-order valence-electron chi connectivity index (χ0n) is 18.0. The van der Waals surface area contributed by atoms with Crippen LogP contribution in [0.25, 0.3) is 0 Å². The van der Waals surface area contributed by atoms with Crippen molar-refractivity contribution in [1.29, 1.82) is 0 Å². The van der Waals surface area contributed by atoms with Crippen LogP contribution in [0.15, 0.2) is 5.10 Å². The average molecular weight is 435 g/mol. The first-order chi connectivity index (χ1) is 13.1. The van der Waals surface area contributed by atoms with Gasteiger partial charge in [-0.3, -0.25) is 14.8 Å². The molecule has 1 heterocycles. The molecule has 0 amide bonds. The van der Waals surface area contributed by atoms with Gasteiger partial charge in [-0.15, -0.1) is 12.6 Å². The summed E-state index contributed by atoms with van der Waals surface area (Å²) < 4.78 is 1.33. The highest BCUT2D eigenvalue weighted by Crippen LogP contribution is 2.34. The van der Waals surface area contributed by atoms with Gasteiger partial charge in [0.2, 0.25) is 0 Å². The Balaban J connectivity index is 2.51. The van der Waals surface area contributed by atoms with Crippen molar-refractivity contribution in [1.82, 2.24) is 14.8 Å². The van der Waals surface area contributed by atoms with Gasteiger partial charge in [0, 0.05) is 0 Å². The highest BCUT2D eigenvalue weighted by molar-refractivity contribution is 8.41. The van der Waals surface area contributed by atoms with E-state index in [1.807, 2.05) is 11.8 Å². The molecule has 1 aliphatic rings. The molecule has 0 saturated heterocycles. The highest BCUT2D eigenvalue weighted by Gasteiger charge is 2.26. The second-order valence-electron chi connectivity index (χ2n) is 7.31. The van der Waals surface area contributed by atoms with Crippen LogP contribution in [0.3, 0.4) is 0 Å². The lowest BCUT2D eigenvalue weighted by Gasteiger charge is -2.28. The molecule has 0 bridgehead atoms. The smallest absolute Gasteiger partial charge is 0.154 e. The number of unbranched alkanes of at least 4 members (excludes halogenated alkanes) is 4. The third-order valence-corrected chi connectivity index (χ3v) is 7.48. The van der Waals surface area contributed by atoms with E-state index in [9.17, 15) is 0 Å². The fourth-order valence-electron chi connectivity index (χ4n) is 2.87. The predicted octanol–water partition coefficient (Wildman–Crippen LogP) is 5.97. The van der Waals surface area contributed by atoms with E-state index in [2.05, 4.69) is 42.5 Å². The van der Waals surface area contributed by atoms with E-state index < -0.39 is 0 Å². The molecule has 1 rings (SSSR count). The van der Waals surface area contributed by atoms with Crippen LogP contribution in [-0.4, -0.2) is 62.6 Å². The molecule has 7 heteroatoms. The molecule has 0 radical (unpaired) electrons. The van der Waals surface area contributed by atoms with Gasteiger partial charge in [0.1, 0.15) is 4.71 Å². The number of hydrogen-bond acceptors (Lipinski definition) is 7.